The summed E-state index contributed by atoms with van der Waals surface area (Å²) in [5.41, 5.74) is 3.60. The first-order chi connectivity index (χ1) is 17.9. The topological polar surface area (TPSA) is 104 Å². The first kappa shape index (κ1) is 26.7. The number of aliphatic hydroxyl groups excluding tert-OH is 1. The second kappa shape index (κ2) is 10.2. The van der Waals surface area contributed by atoms with E-state index in [1.54, 1.807) is 24.3 Å². The molecule has 1 saturated heterocycles. The first-order valence-corrected chi connectivity index (χ1v) is 12.3. The van der Waals surface area contributed by atoms with E-state index in [0.717, 1.165) is 11.1 Å². The third-order valence-electron chi connectivity index (χ3n) is 6.80. The summed E-state index contributed by atoms with van der Waals surface area (Å²) >= 11 is 0. The van der Waals surface area contributed by atoms with Crippen LogP contribution in [0.25, 0.3) is 5.76 Å². The number of nitrogens with zero attached hydrogens (tertiary/aromatic N) is 1. The zero-order chi connectivity index (χ0) is 27.8. The second-order valence-corrected chi connectivity index (χ2v) is 10.5. The molecule has 0 saturated carbocycles. The summed E-state index contributed by atoms with van der Waals surface area (Å²) in [5, 5.41) is 20.7. The second-order valence-electron chi connectivity index (χ2n) is 10.5. The van der Waals surface area contributed by atoms with Crippen LogP contribution in [0.1, 0.15) is 65.0 Å². The highest BCUT2D eigenvalue weighted by atomic mass is 16.5. The van der Waals surface area contributed by atoms with Crippen molar-refractivity contribution in [3.8, 4) is 5.75 Å². The summed E-state index contributed by atoms with van der Waals surface area (Å²) in [4.78, 5) is 39.5. The maximum absolute atomic E-state index is 13.4. The molecule has 3 aromatic carbocycles. The summed E-state index contributed by atoms with van der Waals surface area (Å²) in [6.45, 7) is 8.20. The normalized spacial score (nSPS) is 17.1. The number of carboxylic acids is 1. The Morgan fingerprint density at radius 1 is 0.947 bits per heavy atom. The Morgan fingerprint density at radius 3 is 2.13 bits per heavy atom. The fourth-order valence-corrected chi connectivity index (χ4v) is 4.66. The minimum Gasteiger partial charge on any atom is -0.507 e. The van der Waals surface area contributed by atoms with Gasteiger partial charge in [-0.15, -0.1) is 0 Å². The lowest BCUT2D eigenvalue weighted by Gasteiger charge is -2.27. The van der Waals surface area contributed by atoms with E-state index in [0.29, 0.717) is 22.4 Å². The SMILES string of the molecule is COc1ccc(C)cc1/C(O)=C1\C(=O)C(=O)N(Cc2ccc(C(=O)O)cc2)C1c1ccc(C(C)(C)C)cc1. The number of aryl methyl sites for hydroxylation is 1. The average molecular weight is 514 g/mol. The van der Waals surface area contributed by atoms with Crippen LogP contribution < -0.4 is 4.74 Å². The molecule has 1 aliphatic rings. The molecule has 0 aromatic heterocycles. The number of likely N-dealkylation sites (tertiary alicyclic amines) is 1. The number of carbonyl (C=O) groups is 3. The highest BCUT2D eigenvalue weighted by molar-refractivity contribution is 6.46. The van der Waals surface area contributed by atoms with Crippen LogP contribution in [-0.4, -0.2) is 39.9 Å². The molecule has 7 nitrogen and oxygen atoms in total. The molecule has 0 aliphatic carbocycles. The van der Waals surface area contributed by atoms with Crippen LogP contribution in [0.15, 0.2) is 72.3 Å². The number of hydrogen-bond donors (Lipinski definition) is 2. The molecular weight excluding hydrogens is 482 g/mol. The Kier molecular flexibility index (Phi) is 7.14. The van der Waals surface area contributed by atoms with Gasteiger partial charge >= 0.3 is 5.97 Å². The number of benzene rings is 3. The van der Waals surface area contributed by atoms with Gasteiger partial charge in [0.15, 0.2) is 0 Å². The van der Waals surface area contributed by atoms with Gasteiger partial charge in [0, 0.05) is 6.54 Å². The van der Waals surface area contributed by atoms with E-state index >= 15 is 0 Å². The van der Waals surface area contributed by atoms with Crippen LogP contribution >= 0.6 is 0 Å². The average Bonchev–Trinajstić information content (AvgIpc) is 3.13. The maximum Gasteiger partial charge on any atom is 0.335 e. The third-order valence-corrected chi connectivity index (χ3v) is 6.80. The molecule has 1 fully saturated rings. The van der Waals surface area contributed by atoms with Crippen LogP contribution in [-0.2, 0) is 21.5 Å². The van der Waals surface area contributed by atoms with Gasteiger partial charge in [0.2, 0.25) is 0 Å². The monoisotopic (exact) mass is 513 g/mol. The number of amides is 1. The molecule has 1 aliphatic heterocycles. The Bertz CT molecular complexity index is 1430. The van der Waals surface area contributed by atoms with Crippen molar-refractivity contribution in [3.05, 3.63) is 106 Å². The summed E-state index contributed by atoms with van der Waals surface area (Å²) in [6, 6.07) is 18.2. The van der Waals surface area contributed by atoms with E-state index in [1.807, 2.05) is 37.3 Å². The van der Waals surface area contributed by atoms with Gasteiger partial charge in [0.1, 0.15) is 11.5 Å². The number of ether oxygens (including phenoxy) is 1. The number of aliphatic hydroxyl groups is 1. The minimum atomic E-state index is -1.05. The molecule has 1 unspecified atom stereocenters. The molecule has 0 spiro atoms. The minimum absolute atomic E-state index is 0.0236. The number of aromatic carboxylic acids is 1. The summed E-state index contributed by atoms with van der Waals surface area (Å²) in [7, 11) is 1.48. The van der Waals surface area contributed by atoms with Crippen molar-refractivity contribution in [2.45, 2.75) is 45.7 Å². The summed E-state index contributed by atoms with van der Waals surface area (Å²) in [6.07, 6.45) is 0. The van der Waals surface area contributed by atoms with Crippen LogP contribution in [0.3, 0.4) is 0 Å². The van der Waals surface area contributed by atoms with Crippen molar-refractivity contribution >= 4 is 23.4 Å². The summed E-state index contributed by atoms with van der Waals surface area (Å²) in [5.74, 6) is -2.52. The Labute approximate surface area is 222 Å². The van der Waals surface area contributed by atoms with Gasteiger partial charge in [-0.2, -0.15) is 0 Å². The number of carbonyl (C=O) groups excluding carboxylic acids is 2. The zero-order valence-corrected chi connectivity index (χ0v) is 22.1. The van der Waals surface area contributed by atoms with Crippen LogP contribution in [0.2, 0.25) is 0 Å². The lowest BCUT2D eigenvalue weighted by molar-refractivity contribution is -0.140. The third kappa shape index (κ3) is 5.05. The zero-order valence-electron chi connectivity index (χ0n) is 22.1. The number of ketones is 1. The van der Waals surface area contributed by atoms with Gasteiger partial charge in [0.25, 0.3) is 11.7 Å². The molecule has 1 heterocycles. The van der Waals surface area contributed by atoms with E-state index in [9.17, 15) is 24.6 Å². The van der Waals surface area contributed by atoms with Crippen molar-refractivity contribution in [3.63, 3.8) is 0 Å². The molecule has 0 bridgehead atoms. The number of rotatable bonds is 6. The van der Waals surface area contributed by atoms with E-state index in [1.165, 1.54) is 24.1 Å². The van der Waals surface area contributed by atoms with Gasteiger partial charge in [-0.25, -0.2) is 4.79 Å². The predicted octanol–water partition coefficient (Wildman–Crippen LogP) is 5.62. The molecule has 196 valence electrons. The molecule has 1 amide bonds. The lowest BCUT2D eigenvalue weighted by Crippen LogP contribution is -2.29. The summed E-state index contributed by atoms with van der Waals surface area (Å²) < 4.78 is 5.44. The maximum atomic E-state index is 13.4. The van der Waals surface area contributed by atoms with Crippen molar-refractivity contribution in [1.82, 2.24) is 4.90 Å². The van der Waals surface area contributed by atoms with Crippen molar-refractivity contribution in [2.24, 2.45) is 0 Å². The largest absolute Gasteiger partial charge is 0.507 e. The van der Waals surface area contributed by atoms with Crippen molar-refractivity contribution in [2.75, 3.05) is 7.11 Å². The van der Waals surface area contributed by atoms with Gasteiger partial charge in [0.05, 0.1) is 29.9 Å². The van der Waals surface area contributed by atoms with Gasteiger partial charge in [-0.1, -0.05) is 68.8 Å². The quantitative estimate of drug-likeness (QED) is 0.252. The van der Waals surface area contributed by atoms with Gasteiger partial charge in [-0.05, 0) is 53.3 Å². The standard InChI is InChI=1S/C31H31NO6/c1-18-6-15-24(38-5)23(16-18)27(33)25-26(20-11-13-22(14-12-20)31(2,3)4)32(29(35)28(25)34)17-19-7-9-21(10-8-19)30(36)37/h6-16,26,33H,17H2,1-5H3,(H,36,37)/b27-25+. The van der Waals surface area contributed by atoms with Crippen LogP contribution in [0, 0.1) is 6.92 Å². The molecular formula is C31H31NO6. The predicted molar refractivity (Wildman–Crippen MR) is 144 cm³/mol. The van der Waals surface area contributed by atoms with Gasteiger partial charge in [-0.3, -0.25) is 9.59 Å². The highest BCUT2D eigenvalue weighted by Gasteiger charge is 2.46. The Balaban J connectivity index is 1.87. The molecule has 7 heteroatoms. The molecule has 38 heavy (non-hydrogen) atoms. The first-order valence-electron chi connectivity index (χ1n) is 12.3. The Morgan fingerprint density at radius 2 is 1.58 bits per heavy atom. The van der Waals surface area contributed by atoms with E-state index < -0.39 is 23.7 Å². The number of Topliss-reactive ketones (excluding diaryl/α,β-unsaturated/α-hetero) is 1. The van der Waals surface area contributed by atoms with E-state index in [-0.39, 0.29) is 28.9 Å². The fourth-order valence-electron chi connectivity index (χ4n) is 4.66. The van der Waals surface area contributed by atoms with Crippen molar-refractivity contribution < 1.29 is 29.3 Å². The van der Waals surface area contributed by atoms with Crippen LogP contribution in [0.5, 0.6) is 5.75 Å². The lowest BCUT2D eigenvalue weighted by atomic mass is 9.85. The fraction of sp³-hybridized carbons (Fsp3) is 0.258. The van der Waals surface area contributed by atoms with E-state index in [4.69, 9.17) is 4.74 Å². The molecule has 3 aromatic rings. The highest BCUT2D eigenvalue weighted by Crippen LogP contribution is 2.42. The number of methoxy groups -OCH3 is 1. The molecule has 4 rings (SSSR count). The Hall–Kier alpha value is -4.39. The molecule has 0 radical (unpaired) electrons. The van der Waals surface area contributed by atoms with Crippen molar-refractivity contribution in [1.29, 1.82) is 0 Å². The van der Waals surface area contributed by atoms with E-state index in [2.05, 4.69) is 20.8 Å². The molecule has 2 N–H and O–H groups in total. The number of carboxylic acid groups (broad SMARTS) is 1. The molecule has 1 atom stereocenters. The smallest absolute Gasteiger partial charge is 0.335 e. The van der Waals surface area contributed by atoms with Gasteiger partial charge < -0.3 is 19.8 Å². The van der Waals surface area contributed by atoms with Crippen LogP contribution in [0.4, 0.5) is 0 Å². The number of hydrogen-bond acceptors (Lipinski definition) is 5.